The number of hydrogen-bond acceptors (Lipinski definition) is 3. The van der Waals surface area contributed by atoms with Crippen molar-refractivity contribution < 1.29 is 13.2 Å². The first kappa shape index (κ1) is 24.2. The van der Waals surface area contributed by atoms with Gasteiger partial charge in [-0.25, -0.2) is 8.42 Å². The Balaban J connectivity index is 1.66. The van der Waals surface area contributed by atoms with Gasteiger partial charge in [-0.3, -0.25) is 4.79 Å². The van der Waals surface area contributed by atoms with Crippen molar-refractivity contribution in [2.45, 2.75) is 50.5 Å². The molecule has 4 rings (SSSR count). The third-order valence-corrected chi connectivity index (χ3v) is 8.58. The quantitative estimate of drug-likeness (QED) is 0.519. The van der Waals surface area contributed by atoms with Crippen LogP contribution in [0.4, 0.5) is 0 Å². The molecule has 1 aliphatic rings. The molecular weight excluding hydrogens is 444 g/mol. The van der Waals surface area contributed by atoms with E-state index in [1.54, 1.807) is 23.4 Å². The van der Waals surface area contributed by atoms with Crippen molar-refractivity contribution in [3.63, 3.8) is 0 Å². The normalized spacial score (nSPS) is 15.9. The number of aryl methyl sites for hydroxylation is 2. The van der Waals surface area contributed by atoms with Crippen LogP contribution in [0.1, 0.15) is 64.3 Å². The van der Waals surface area contributed by atoms with Crippen LogP contribution in [-0.2, 0) is 10.0 Å². The summed E-state index contributed by atoms with van der Waals surface area (Å²) < 4.78 is 28.5. The largest absolute Gasteiger partial charge is 0.341 e. The molecular formula is C28H32N2O3S. The summed E-state index contributed by atoms with van der Waals surface area (Å²) in [5.41, 5.74) is 4.04. The third kappa shape index (κ3) is 5.24. The zero-order valence-corrected chi connectivity index (χ0v) is 20.6. The number of nitrogens with zero attached hydrogens (tertiary/aromatic N) is 1. The molecule has 0 saturated carbocycles. The van der Waals surface area contributed by atoms with Crippen LogP contribution in [-0.4, -0.2) is 31.7 Å². The van der Waals surface area contributed by atoms with E-state index in [0.717, 1.165) is 42.4 Å². The molecule has 1 amide bonds. The van der Waals surface area contributed by atoms with Gasteiger partial charge in [0.05, 0.1) is 10.9 Å². The summed E-state index contributed by atoms with van der Waals surface area (Å²) in [5, 5.41) is 3.15. The topological polar surface area (TPSA) is 66.5 Å². The van der Waals surface area contributed by atoms with Gasteiger partial charge < -0.3 is 5.32 Å². The second-order valence-corrected chi connectivity index (χ2v) is 10.9. The van der Waals surface area contributed by atoms with E-state index in [2.05, 4.69) is 5.32 Å². The van der Waals surface area contributed by atoms with Crippen LogP contribution in [0.3, 0.4) is 0 Å². The Morgan fingerprint density at radius 1 is 0.824 bits per heavy atom. The molecule has 1 fully saturated rings. The first-order valence-corrected chi connectivity index (χ1v) is 13.3. The number of rotatable bonds is 6. The Labute approximate surface area is 202 Å². The molecule has 6 heteroatoms. The average Bonchev–Trinajstić information content (AvgIpc) is 3.14. The Kier molecular flexibility index (Phi) is 7.49. The van der Waals surface area contributed by atoms with Gasteiger partial charge in [0.25, 0.3) is 5.91 Å². The summed E-state index contributed by atoms with van der Waals surface area (Å²) in [6, 6.07) is 22.4. The average molecular weight is 477 g/mol. The maximum Gasteiger partial charge on any atom is 0.252 e. The van der Waals surface area contributed by atoms with Crippen molar-refractivity contribution >= 4 is 15.9 Å². The summed E-state index contributed by atoms with van der Waals surface area (Å²) in [4.78, 5) is 13.6. The van der Waals surface area contributed by atoms with Gasteiger partial charge in [0.1, 0.15) is 0 Å². The van der Waals surface area contributed by atoms with Gasteiger partial charge in [-0.05, 0) is 61.1 Å². The van der Waals surface area contributed by atoms with Gasteiger partial charge >= 0.3 is 0 Å². The van der Waals surface area contributed by atoms with Crippen molar-refractivity contribution in [1.29, 1.82) is 0 Å². The van der Waals surface area contributed by atoms with Crippen LogP contribution in [0.15, 0.2) is 77.7 Å². The van der Waals surface area contributed by atoms with Crippen molar-refractivity contribution in [3.05, 3.63) is 101 Å². The SMILES string of the molecule is Cc1ccccc1[C@@H](NC(=O)c1ccc(C)c(S(=O)(=O)N2CCCCCC2)c1)c1ccccc1. The molecule has 5 nitrogen and oxygen atoms in total. The standard InChI is InChI=1S/C28H32N2O3S/c1-21-12-8-9-15-25(21)27(23-13-6-5-7-14-23)29-28(31)24-17-16-22(2)26(20-24)34(32,33)30-18-10-3-4-11-19-30/h5-9,12-17,20,27H,3-4,10-11,18-19H2,1-2H3,(H,29,31)/t27-/m0/s1. The molecule has 0 spiro atoms. The molecule has 178 valence electrons. The maximum absolute atomic E-state index is 13.4. The molecule has 0 radical (unpaired) electrons. The summed E-state index contributed by atoms with van der Waals surface area (Å²) in [5.74, 6) is -0.301. The number of amides is 1. The highest BCUT2D eigenvalue weighted by Gasteiger charge is 2.28. The number of hydrogen-bond donors (Lipinski definition) is 1. The summed E-state index contributed by atoms with van der Waals surface area (Å²) in [7, 11) is -3.66. The zero-order chi connectivity index (χ0) is 24.1. The van der Waals surface area contributed by atoms with Gasteiger partial charge in [-0.2, -0.15) is 4.31 Å². The van der Waals surface area contributed by atoms with Crippen molar-refractivity contribution in [1.82, 2.24) is 9.62 Å². The lowest BCUT2D eigenvalue weighted by atomic mass is 9.94. The number of carbonyl (C=O) groups excluding carboxylic acids is 1. The van der Waals surface area contributed by atoms with Crippen molar-refractivity contribution in [2.24, 2.45) is 0 Å². The van der Waals surface area contributed by atoms with Crippen molar-refractivity contribution in [3.8, 4) is 0 Å². The molecule has 1 N–H and O–H groups in total. The van der Waals surface area contributed by atoms with Gasteiger partial charge in [0.15, 0.2) is 0 Å². The van der Waals surface area contributed by atoms with Gasteiger partial charge in [-0.15, -0.1) is 0 Å². The fourth-order valence-corrected chi connectivity index (χ4v) is 6.32. The zero-order valence-electron chi connectivity index (χ0n) is 19.8. The minimum Gasteiger partial charge on any atom is -0.341 e. The fourth-order valence-electron chi connectivity index (χ4n) is 4.55. The number of carbonyl (C=O) groups is 1. The van der Waals surface area contributed by atoms with Crippen LogP contribution >= 0.6 is 0 Å². The van der Waals surface area contributed by atoms with E-state index < -0.39 is 10.0 Å². The molecule has 34 heavy (non-hydrogen) atoms. The van der Waals surface area contributed by atoms with E-state index >= 15 is 0 Å². The molecule has 1 saturated heterocycles. The van der Waals surface area contributed by atoms with Gasteiger partial charge in [-0.1, -0.05) is 73.5 Å². The fraction of sp³-hybridized carbons (Fsp3) is 0.321. The minimum absolute atomic E-state index is 0.217. The summed E-state index contributed by atoms with van der Waals surface area (Å²) in [6.45, 7) is 4.87. The Bertz CT molecular complexity index is 1250. The molecule has 3 aromatic rings. The highest BCUT2D eigenvalue weighted by molar-refractivity contribution is 7.89. The van der Waals surface area contributed by atoms with Crippen LogP contribution in [0, 0.1) is 13.8 Å². The maximum atomic E-state index is 13.4. The monoisotopic (exact) mass is 476 g/mol. The number of sulfonamides is 1. The number of benzene rings is 3. The van der Waals surface area contributed by atoms with Crippen LogP contribution in [0.2, 0.25) is 0 Å². The van der Waals surface area contributed by atoms with Gasteiger partial charge in [0.2, 0.25) is 10.0 Å². The Hall–Kier alpha value is -2.96. The van der Waals surface area contributed by atoms with Crippen molar-refractivity contribution in [2.75, 3.05) is 13.1 Å². The van der Waals surface area contributed by atoms with Crippen LogP contribution < -0.4 is 5.32 Å². The smallest absolute Gasteiger partial charge is 0.252 e. The molecule has 3 aromatic carbocycles. The second-order valence-electron chi connectivity index (χ2n) is 8.97. The summed E-state index contributed by atoms with van der Waals surface area (Å²) in [6.07, 6.45) is 3.84. The second kappa shape index (κ2) is 10.5. The van der Waals surface area contributed by atoms with E-state index in [4.69, 9.17) is 0 Å². The van der Waals surface area contributed by atoms with Gasteiger partial charge in [0, 0.05) is 18.7 Å². The molecule has 0 bridgehead atoms. The van der Waals surface area contributed by atoms with E-state index in [9.17, 15) is 13.2 Å². The highest BCUT2D eigenvalue weighted by Crippen LogP contribution is 2.27. The highest BCUT2D eigenvalue weighted by atomic mass is 32.2. The lowest BCUT2D eigenvalue weighted by molar-refractivity contribution is 0.0942. The van der Waals surface area contributed by atoms with Crippen LogP contribution in [0.25, 0.3) is 0 Å². The lowest BCUT2D eigenvalue weighted by Crippen LogP contribution is -2.33. The van der Waals surface area contributed by atoms with E-state index in [-0.39, 0.29) is 16.8 Å². The first-order chi connectivity index (χ1) is 16.4. The summed E-state index contributed by atoms with van der Waals surface area (Å²) >= 11 is 0. The predicted octanol–water partition coefficient (Wildman–Crippen LogP) is 5.39. The van der Waals surface area contributed by atoms with Crippen LogP contribution in [0.5, 0.6) is 0 Å². The third-order valence-electron chi connectivity index (χ3n) is 6.54. The Morgan fingerprint density at radius 3 is 2.15 bits per heavy atom. The molecule has 1 heterocycles. The molecule has 0 aliphatic carbocycles. The van der Waals surface area contributed by atoms with E-state index in [1.807, 2.05) is 61.5 Å². The van der Waals surface area contributed by atoms with E-state index in [0.29, 0.717) is 24.2 Å². The Morgan fingerprint density at radius 2 is 1.47 bits per heavy atom. The minimum atomic E-state index is -3.66. The molecule has 0 unspecified atom stereocenters. The predicted molar refractivity (Wildman–Crippen MR) is 135 cm³/mol. The molecule has 1 atom stereocenters. The first-order valence-electron chi connectivity index (χ1n) is 11.9. The van der Waals surface area contributed by atoms with E-state index in [1.165, 1.54) is 6.07 Å². The molecule has 0 aromatic heterocycles. The molecule has 1 aliphatic heterocycles. The number of nitrogens with one attached hydrogen (secondary N) is 1. The lowest BCUT2D eigenvalue weighted by Gasteiger charge is -2.23.